The smallest absolute Gasteiger partial charge is 0.348 e. The number of carbonyl (C=O) groups excluding carboxylic acids is 1. The van der Waals surface area contributed by atoms with Crippen molar-refractivity contribution in [1.82, 2.24) is 10.2 Å². The van der Waals surface area contributed by atoms with Crippen molar-refractivity contribution in [2.75, 3.05) is 19.6 Å². The molecule has 1 aliphatic heterocycles. The summed E-state index contributed by atoms with van der Waals surface area (Å²) in [7, 11) is 0. The van der Waals surface area contributed by atoms with E-state index < -0.39 is 12.1 Å². The molecule has 0 spiro atoms. The molecule has 1 amide bonds. The molecule has 1 saturated heterocycles. The van der Waals surface area contributed by atoms with Crippen molar-refractivity contribution in [2.24, 2.45) is 5.92 Å². The summed E-state index contributed by atoms with van der Waals surface area (Å²) in [6.07, 6.45) is -0.601. The molecule has 2 aliphatic rings. The fraction of sp³-hybridized carbons (Fsp3) is 0.611. The molecule has 24 heavy (non-hydrogen) atoms. The van der Waals surface area contributed by atoms with Crippen molar-refractivity contribution < 1.29 is 18.0 Å². The molecule has 1 fully saturated rings. The fourth-order valence-electron chi connectivity index (χ4n) is 3.81. The fourth-order valence-corrected chi connectivity index (χ4v) is 3.81. The Morgan fingerprint density at radius 2 is 2.00 bits per heavy atom. The van der Waals surface area contributed by atoms with Gasteiger partial charge in [-0.15, -0.1) is 0 Å². The summed E-state index contributed by atoms with van der Waals surface area (Å²) in [6.45, 7) is 0.532. The van der Waals surface area contributed by atoms with Crippen molar-refractivity contribution in [1.29, 1.82) is 0 Å². The molecule has 2 atom stereocenters. The second-order valence-corrected chi connectivity index (χ2v) is 6.83. The lowest BCUT2D eigenvalue weighted by molar-refractivity contribution is -0.187. The van der Waals surface area contributed by atoms with Gasteiger partial charge in [-0.2, -0.15) is 13.2 Å². The zero-order valence-electron chi connectivity index (χ0n) is 13.6. The maximum atomic E-state index is 12.9. The van der Waals surface area contributed by atoms with Crippen LogP contribution in [0.1, 0.15) is 42.9 Å². The quantitative estimate of drug-likeness (QED) is 0.914. The Labute approximate surface area is 140 Å². The number of alkyl halides is 3. The molecule has 1 aromatic carbocycles. The van der Waals surface area contributed by atoms with E-state index in [4.69, 9.17) is 0 Å². The number of benzene rings is 1. The number of rotatable bonds is 3. The Morgan fingerprint density at radius 1 is 1.21 bits per heavy atom. The van der Waals surface area contributed by atoms with Gasteiger partial charge in [-0.1, -0.05) is 24.3 Å². The molecular formula is C18H23F3N2O. The molecular weight excluding hydrogens is 317 g/mol. The monoisotopic (exact) mass is 340 g/mol. The number of piperidine rings is 1. The van der Waals surface area contributed by atoms with Crippen LogP contribution in [0.4, 0.5) is 13.2 Å². The number of likely N-dealkylation sites (tertiary alicyclic amines) is 1. The molecule has 6 heteroatoms. The predicted octanol–water partition coefficient (Wildman–Crippen LogP) is 3.45. The standard InChI is InChI=1S/C18H23F3N2O/c19-18(20,21)14-7-4-10-23(11-14)12-17(24)22-16-9-3-6-13-5-1-2-8-15(13)16/h1-2,5,8,14,16H,3-4,6-7,9-12H2,(H,22,24)/t14-,16-/m1/s1. The van der Waals surface area contributed by atoms with Crippen LogP contribution >= 0.6 is 0 Å². The molecule has 1 aromatic rings. The Morgan fingerprint density at radius 3 is 2.79 bits per heavy atom. The Balaban J connectivity index is 1.57. The summed E-state index contributed by atoms with van der Waals surface area (Å²) in [5, 5.41) is 3.01. The van der Waals surface area contributed by atoms with E-state index in [0.717, 1.165) is 24.8 Å². The highest BCUT2D eigenvalue weighted by atomic mass is 19.4. The number of nitrogens with one attached hydrogen (secondary N) is 1. The number of fused-ring (bicyclic) bond motifs is 1. The Kier molecular flexibility index (Phi) is 5.13. The second kappa shape index (κ2) is 7.13. The van der Waals surface area contributed by atoms with Gasteiger partial charge < -0.3 is 5.32 Å². The molecule has 3 nitrogen and oxygen atoms in total. The van der Waals surface area contributed by atoms with Crippen molar-refractivity contribution in [2.45, 2.75) is 44.3 Å². The maximum Gasteiger partial charge on any atom is 0.393 e. The lowest BCUT2D eigenvalue weighted by Gasteiger charge is -2.34. The summed E-state index contributed by atoms with van der Waals surface area (Å²) in [4.78, 5) is 13.9. The highest BCUT2D eigenvalue weighted by molar-refractivity contribution is 5.78. The predicted molar refractivity (Wildman–Crippen MR) is 85.5 cm³/mol. The molecule has 3 rings (SSSR count). The van der Waals surface area contributed by atoms with Gasteiger partial charge in [-0.05, 0) is 49.8 Å². The first-order valence-corrected chi connectivity index (χ1v) is 8.59. The number of hydrogen-bond acceptors (Lipinski definition) is 2. The molecule has 0 saturated carbocycles. The second-order valence-electron chi connectivity index (χ2n) is 6.83. The van der Waals surface area contributed by atoms with Gasteiger partial charge in [0, 0.05) is 6.54 Å². The van der Waals surface area contributed by atoms with Crippen LogP contribution in [0.3, 0.4) is 0 Å². The average molecular weight is 340 g/mol. The molecule has 132 valence electrons. The summed E-state index contributed by atoms with van der Waals surface area (Å²) in [5.74, 6) is -1.49. The molecule has 1 aliphatic carbocycles. The molecule has 0 bridgehead atoms. The van der Waals surface area contributed by atoms with E-state index in [1.807, 2.05) is 18.2 Å². The van der Waals surface area contributed by atoms with E-state index in [9.17, 15) is 18.0 Å². The van der Waals surface area contributed by atoms with Gasteiger partial charge in [0.15, 0.2) is 0 Å². The third-order valence-electron chi connectivity index (χ3n) is 5.04. The minimum Gasteiger partial charge on any atom is -0.348 e. The van der Waals surface area contributed by atoms with Crippen LogP contribution in [0.25, 0.3) is 0 Å². The SMILES string of the molecule is O=C(CN1CCC[C@@H](C(F)(F)F)C1)N[C@@H]1CCCc2ccccc21. The van der Waals surface area contributed by atoms with Crippen LogP contribution in [0.2, 0.25) is 0 Å². The van der Waals surface area contributed by atoms with Crippen molar-refractivity contribution in [3.63, 3.8) is 0 Å². The van der Waals surface area contributed by atoms with Crippen molar-refractivity contribution >= 4 is 5.91 Å². The highest BCUT2D eigenvalue weighted by Crippen LogP contribution is 2.33. The van der Waals surface area contributed by atoms with Crippen LogP contribution in [-0.4, -0.2) is 36.6 Å². The average Bonchev–Trinajstić information content (AvgIpc) is 2.54. The number of aryl methyl sites for hydroxylation is 1. The lowest BCUT2D eigenvalue weighted by Crippen LogP contribution is -2.46. The van der Waals surface area contributed by atoms with Crippen LogP contribution in [0.5, 0.6) is 0 Å². The third-order valence-corrected chi connectivity index (χ3v) is 5.04. The van der Waals surface area contributed by atoms with Crippen molar-refractivity contribution in [3.05, 3.63) is 35.4 Å². The number of halogens is 3. The number of carbonyl (C=O) groups is 1. The van der Waals surface area contributed by atoms with Gasteiger partial charge >= 0.3 is 6.18 Å². The molecule has 0 aromatic heterocycles. The van der Waals surface area contributed by atoms with Gasteiger partial charge in [-0.25, -0.2) is 0 Å². The van der Waals surface area contributed by atoms with Gasteiger partial charge in [0.05, 0.1) is 18.5 Å². The minimum absolute atomic E-state index is 0.0225. The van der Waals surface area contributed by atoms with Gasteiger partial charge in [0.1, 0.15) is 0 Å². The van der Waals surface area contributed by atoms with Gasteiger partial charge in [0.25, 0.3) is 0 Å². The van der Waals surface area contributed by atoms with E-state index in [-0.39, 0.29) is 31.5 Å². The van der Waals surface area contributed by atoms with Crippen LogP contribution in [-0.2, 0) is 11.2 Å². The molecule has 1 heterocycles. The molecule has 0 unspecified atom stereocenters. The van der Waals surface area contributed by atoms with E-state index in [1.165, 1.54) is 5.56 Å². The molecule has 1 N–H and O–H groups in total. The summed E-state index contributed by atoms with van der Waals surface area (Å²) in [6, 6.07) is 8.04. The van der Waals surface area contributed by atoms with E-state index in [2.05, 4.69) is 11.4 Å². The van der Waals surface area contributed by atoms with Gasteiger partial charge in [-0.3, -0.25) is 9.69 Å². The Hall–Kier alpha value is -1.56. The summed E-state index contributed by atoms with van der Waals surface area (Å²) >= 11 is 0. The normalized spacial score (nSPS) is 25.1. The Bertz CT molecular complexity index is 588. The lowest BCUT2D eigenvalue weighted by atomic mass is 9.88. The number of amides is 1. The largest absolute Gasteiger partial charge is 0.393 e. The van der Waals surface area contributed by atoms with Crippen molar-refractivity contribution in [3.8, 4) is 0 Å². The van der Waals surface area contributed by atoms with Crippen LogP contribution in [0.15, 0.2) is 24.3 Å². The summed E-state index contributed by atoms with van der Waals surface area (Å²) in [5.41, 5.74) is 2.40. The first kappa shape index (κ1) is 17.3. The maximum absolute atomic E-state index is 12.9. The number of nitrogens with zero attached hydrogens (tertiary/aromatic N) is 1. The molecule has 0 radical (unpaired) electrons. The number of hydrogen-bond donors (Lipinski definition) is 1. The first-order valence-electron chi connectivity index (χ1n) is 8.59. The van der Waals surface area contributed by atoms with E-state index in [1.54, 1.807) is 4.90 Å². The third kappa shape index (κ3) is 4.09. The van der Waals surface area contributed by atoms with E-state index >= 15 is 0 Å². The van der Waals surface area contributed by atoms with Gasteiger partial charge in [0.2, 0.25) is 5.91 Å². The van der Waals surface area contributed by atoms with E-state index in [0.29, 0.717) is 13.0 Å². The summed E-state index contributed by atoms with van der Waals surface area (Å²) < 4.78 is 38.6. The highest BCUT2D eigenvalue weighted by Gasteiger charge is 2.42. The zero-order valence-corrected chi connectivity index (χ0v) is 13.6. The van der Waals surface area contributed by atoms with Crippen LogP contribution in [0, 0.1) is 5.92 Å². The van der Waals surface area contributed by atoms with Crippen LogP contribution < -0.4 is 5.32 Å². The topological polar surface area (TPSA) is 32.3 Å². The first-order chi connectivity index (χ1) is 11.4. The zero-order chi connectivity index (χ0) is 17.2. The minimum atomic E-state index is -4.17.